The highest BCUT2D eigenvalue weighted by atomic mass is 32.2. The normalized spacial score (nSPS) is 12.0. The zero-order valence-electron chi connectivity index (χ0n) is 7.77. The van der Waals surface area contributed by atoms with Gasteiger partial charge in [-0.2, -0.15) is 5.26 Å². The minimum Gasteiger partial charge on any atom is -0.383 e. The van der Waals surface area contributed by atoms with Gasteiger partial charge in [-0.1, -0.05) is 18.7 Å². The smallest absolute Gasteiger partial charge is 0.192 e. The SMILES string of the molecule is CCC(C#N)Sc1nc(N)cc(N)n1. The van der Waals surface area contributed by atoms with Gasteiger partial charge in [-0.25, -0.2) is 9.97 Å². The van der Waals surface area contributed by atoms with E-state index in [0.29, 0.717) is 16.8 Å². The van der Waals surface area contributed by atoms with Crippen molar-refractivity contribution in [2.24, 2.45) is 0 Å². The minimum absolute atomic E-state index is 0.156. The molecule has 1 aromatic heterocycles. The number of thioether (sulfide) groups is 1. The van der Waals surface area contributed by atoms with Crippen LogP contribution in [-0.4, -0.2) is 15.2 Å². The number of anilines is 2. The molecule has 0 aliphatic rings. The van der Waals surface area contributed by atoms with E-state index in [1.807, 2.05) is 6.92 Å². The van der Waals surface area contributed by atoms with E-state index in [1.165, 1.54) is 17.8 Å². The van der Waals surface area contributed by atoms with E-state index in [9.17, 15) is 0 Å². The van der Waals surface area contributed by atoms with Crippen LogP contribution in [0.1, 0.15) is 13.3 Å². The second-order valence-corrected chi connectivity index (χ2v) is 3.81. The quantitative estimate of drug-likeness (QED) is 0.569. The molecular weight excluding hydrogens is 198 g/mol. The molecule has 0 bridgehead atoms. The Morgan fingerprint density at radius 2 is 2.07 bits per heavy atom. The summed E-state index contributed by atoms with van der Waals surface area (Å²) in [6.07, 6.45) is 0.735. The summed E-state index contributed by atoms with van der Waals surface area (Å²) in [6, 6.07) is 3.62. The maximum atomic E-state index is 8.74. The molecule has 6 heteroatoms. The number of rotatable bonds is 3. The summed E-state index contributed by atoms with van der Waals surface area (Å²) in [6.45, 7) is 1.93. The lowest BCUT2D eigenvalue weighted by molar-refractivity contribution is 0.944. The molecule has 1 heterocycles. The number of hydrogen-bond donors (Lipinski definition) is 2. The first kappa shape index (κ1) is 10.6. The lowest BCUT2D eigenvalue weighted by atomic mass is 10.4. The lowest BCUT2D eigenvalue weighted by Gasteiger charge is -2.05. The molecule has 1 unspecified atom stereocenters. The zero-order valence-corrected chi connectivity index (χ0v) is 8.58. The Hall–Kier alpha value is -1.48. The van der Waals surface area contributed by atoms with E-state index in [1.54, 1.807) is 0 Å². The highest BCUT2D eigenvalue weighted by molar-refractivity contribution is 8.00. The Labute approximate surface area is 86.5 Å². The van der Waals surface area contributed by atoms with E-state index in [0.717, 1.165) is 6.42 Å². The van der Waals surface area contributed by atoms with Crippen LogP contribution < -0.4 is 11.5 Å². The van der Waals surface area contributed by atoms with E-state index < -0.39 is 0 Å². The number of nitrogens with two attached hydrogens (primary N) is 2. The van der Waals surface area contributed by atoms with Crippen LogP contribution in [0.2, 0.25) is 0 Å². The largest absolute Gasteiger partial charge is 0.383 e. The summed E-state index contributed by atoms with van der Waals surface area (Å²) < 4.78 is 0. The molecule has 74 valence electrons. The van der Waals surface area contributed by atoms with Crippen LogP contribution in [0.25, 0.3) is 0 Å². The van der Waals surface area contributed by atoms with Gasteiger partial charge in [0, 0.05) is 6.07 Å². The first-order valence-electron chi connectivity index (χ1n) is 4.12. The molecular formula is C8H11N5S. The first-order chi connectivity index (χ1) is 6.65. The minimum atomic E-state index is -0.156. The first-order valence-corrected chi connectivity index (χ1v) is 5.00. The van der Waals surface area contributed by atoms with E-state index >= 15 is 0 Å². The summed E-state index contributed by atoms with van der Waals surface area (Å²) >= 11 is 1.27. The van der Waals surface area contributed by atoms with Crippen LogP contribution in [0, 0.1) is 11.3 Å². The summed E-state index contributed by atoms with van der Waals surface area (Å²) in [5, 5.41) is 9.04. The van der Waals surface area contributed by atoms with Gasteiger partial charge in [0.05, 0.1) is 11.3 Å². The Morgan fingerprint density at radius 3 is 2.50 bits per heavy atom. The van der Waals surface area contributed by atoms with Crippen molar-refractivity contribution in [1.82, 2.24) is 9.97 Å². The van der Waals surface area contributed by atoms with Gasteiger partial charge in [-0.15, -0.1) is 0 Å². The van der Waals surface area contributed by atoms with Gasteiger partial charge < -0.3 is 11.5 Å². The molecule has 1 rings (SSSR count). The molecule has 0 aliphatic heterocycles. The molecule has 1 atom stereocenters. The van der Waals surface area contributed by atoms with Crippen LogP contribution in [0.5, 0.6) is 0 Å². The molecule has 5 nitrogen and oxygen atoms in total. The molecule has 0 amide bonds. The molecule has 0 saturated heterocycles. The van der Waals surface area contributed by atoms with E-state index in [4.69, 9.17) is 16.7 Å². The van der Waals surface area contributed by atoms with Gasteiger partial charge >= 0.3 is 0 Å². The fourth-order valence-electron chi connectivity index (χ4n) is 0.843. The second kappa shape index (κ2) is 4.67. The summed E-state index contributed by atoms with van der Waals surface area (Å²) in [5.41, 5.74) is 11.0. The topological polar surface area (TPSA) is 102 Å². The fourth-order valence-corrected chi connectivity index (χ4v) is 1.63. The standard InChI is InChI=1S/C8H11N5S/c1-2-5(4-9)14-8-12-6(10)3-7(11)13-8/h3,5H,2H2,1H3,(H4,10,11,12,13). The maximum Gasteiger partial charge on any atom is 0.192 e. The molecule has 4 N–H and O–H groups in total. The molecule has 1 aromatic rings. The highest BCUT2D eigenvalue weighted by Crippen LogP contribution is 2.22. The number of aromatic nitrogens is 2. The molecule has 0 spiro atoms. The molecule has 0 fully saturated rings. The van der Waals surface area contributed by atoms with Crippen molar-refractivity contribution in [1.29, 1.82) is 5.26 Å². The van der Waals surface area contributed by atoms with Gasteiger partial charge in [0.2, 0.25) is 0 Å². The van der Waals surface area contributed by atoms with Gasteiger partial charge in [0.1, 0.15) is 11.6 Å². The third-order valence-electron chi connectivity index (χ3n) is 1.51. The second-order valence-electron chi connectivity index (χ2n) is 2.64. The Bertz CT molecular complexity index is 339. The van der Waals surface area contributed by atoms with Crippen molar-refractivity contribution < 1.29 is 0 Å². The fraction of sp³-hybridized carbons (Fsp3) is 0.375. The number of hydrogen-bond acceptors (Lipinski definition) is 6. The predicted octanol–water partition coefficient (Wildman–Crippen LogP) is 1.04. The average molecular weight is 209 g/mol. The number of nitrogens with zero attached hydrogens (tertiary/aromatic N) is 3. The zero-order chi connectivity index (χ0) is 10.6. The van der Waals surface area contributed by atoms with Gasteiger partial charge in [-0.3, -0.25) is 0 Å². The van der Waals surface area contributed by atoms with Crippen molar-refractivity contribution in [3.63, 3.8) is 0 Å². The predicted molar refractivity (Wildman–Crippen MR) is 56.4 cm³/mol. The van der Waals surface area contributed by atoms with Crippen molar-refractivity contribution in [3.8, 4) is 6.07 Å². The lowest BCUT2D eigenvalue weighted by Crippen LogP contribution is -2.03. The van der Waals surface area contributed by atoms with Crippen molar-refractivity contribution in [2.75, 3.05) is 11.5 Å². The third kappa shape index (κ3) is 2.78. The van der Waals surface area contributed by atoms with E-state index in [-0.39, 0.29) is 5.25 Å². The van der Waals surface area contributed by atoms with Crippen molar-refractivity contribution >= 4 is 23.4 Å². The Kier molecular flexibility index (Phi) is 3.54. The Morgan fingerprint density at radius 1 is 1.50 bits per heavy atom. The van der Waals surface area contributed by atoms with Crippen LogP contribution >= 0.6 is 11.8 Å². The van der Waals surface area contributed by atoms with Gasteiger partial charge in [0.25, 0.3) is 0 Å². The molecule has 0 radical (unpaired) electrons. The molecule has 0 aromatic carbocycles. The molecule has 14 heavy (non-hydrogen) atoms. The van der Waals surface area contributed by atoms with Gasteiger partial charge in [0.15, 0.2) is 5.16 Å². The monoisotopic (exact) mass is 209 g/mol. The van der Waals surface area contributed by atoms with Crippen LogP contribution in [-0.2, 0) is 0 Å². The number of nitriles is 1. The Balaban J connectivity index is 2.82. The van der Waals surface area contributed by atoms with Crippen LogP contribution in [0.15, 0.2) is 11.2 Å². The highest BCUT2D eigenvalue weighted by Gasteiger charge is 2.09. The summed E-state index contributed by atoms with van der Waals surface area (Å²) in [7, 11) is 0. The summed E-state index contributed by atoms with van der Waals surface area (Å²) in [5.74, 6) is 0.653. The van der Waals surface area contributed by atoms with Crippen LogP contribution in [0.4, 0.5) is 11.6 Å². The van der Waals surface area contributed by atoms with Gasteiger partial charge in [-0.05, 0) is 6.42 Å². The maximum absolute atomic E-state index is 8.74. The third-order valence-corrected chi connectivity index (χ3v) is 2.62. The van der Waals surface area contributed by atoms with Crippen LogP contribution in [0.3, 0.4) is 0 Å². The summed E-state index contributed by atoms with van der Waals surface area (Å²) in [4.78, 5) is 7.94. The molecule has 0 aliphatic carbocycles. The van der Waals surface area contributed by atoms with Crippen molar-refractivity contribution in [3.05, 3.63) is 6.07 Å². The average Bonchev–Trinajstić information content (AvgIpc) is 2.12. The number of nitrogen functional groups attached to an aromatic ring is 2. The van der Waals surface area contributed by atoms with E-state index in [2.05, 4.69) is 16.0 Å². The van der Waals surface area contributed by atoms with Crippen molar-refractivity contribution in [2.45, 2.75) is 23.8 Å². The molecule has 0 saturated carbocycles.